The molecule has 0 saturated carbocycles. The number of hydrogen-bond donors (Lipinski definition) is 8. The number of rotatable bonds is 63. The summed E-state index contributed by atoms with van der Waals surface area (Å²) >= 11 is 24.6. The number of cyclic esters (lactones) is 2. The molecule has 1 saturated heterocycles. The number of halogens is 5. The van der Waals surface area contributed by atoms with Gasteiger partial charge in [-0.25, -0.2) is 14.4 Å². The number of aliphatic carboxylic acids is 2. The number of alkyl halides is 3. The van der Waals surface area contributed by atoms with E-state index in [2.05, 4.69) is 4.74 Å². The maximum atomic E-state index is 11.9. The molecule has 0 radical (unpaired) electrons. The summed E-state index contributed by atoms with van der Waals surface area (Å²) in [6, 6.07) is 9.64. The van der Waals surface area contributed by atoms with E-state index < -0.39 is 150 Å². The van der Waals surface area contributed by atoms with Gasteiger partial charge in [-0.2, -0.15) is 0 Å². The van der Waals surface area contributed by atoms with E-state index in [1.165, 1.54) is 12.1 Å². The van der Waals surface area contributed by atoms with Crippen molar-refractivity contribution in [3.8, 4) is 0 Å². The minimum Gasteiger partial charge on any atom is -0.481 e. The van der Waals surface area contributed by atoms with Gasteiger partial charge in [0.15, 0.2) is 4.30 Å². The summed E-state index contributed by atoms with van der Waals surface area (Å²) in [7, 11) is 0. The van der Waals surface area contributed by atoms with Crippen LogP contribution >= 0.6 is 58.0 Å². The van der Waals surface area contributed by atoms with Gasteiger partial charge < -0.3 is 121 Å². The number of aliphatic hydroxyl groups is 3. The maximum absolute atomic E-state index is 11.9. The molecule has 1 heterocycles. The van der Waals surface area contributed by atoms with Gasteiger partial charge in [-0.05, 0) is 59.6 Å². The van der Waals surface area contributed by atoms with Crippen LogP contribution in [0.4, 0.5) is 17.1 Å². The lowest BCUT2D eigenvalue weighted by molar-refractivity contribution is -0.386. The van der Waals surface area contributed by atoms with E-state index in [0.717, 1.165) is 42.5 Å². The zero-order valence-electron chi connectivity index (χ0n) is 70.9. The number of esters is 10. The lowest BCUT2D eigenvalue weighted by Crippen LogP contribution is -2.16. The quantitative estimate of drug-likeness (QED) is 0.00537. The number of nitro groups is 3. The van der Waals surface area contributed by atoms with Crippen molar-refractivity contribution in [2.24, 2.45) is 0 Å². The monoisotopic (exact) mass is 2010 g/mol. The Kier molecular flexibility index (Phi) is 76.7. The zero-order valence-corrected chi connectivity index (χ0v) is 74.7. The van der Waals surface area contributed by atoms with E-state index in [9.17, 15) is 112 Å². The Morgan fingerprint density at radius 2 is 0.519 bits per heavy atom. The molecule has 0 spiro atoms. The van der Waals surface area contributed by atoms with Crippen molar-refractivity contribution in [2.75, 3.05) is 159 Å². The molecule has 1 fully saturated rings. The van der Waals surface area contributed by atoms with E-state index in [1.54, 1.807) is 0 Å². The van der Waals surface area contributed by atoms with Crippen LogP contribution in [0.15, 0.2) is 54.6 Å². The molecule has 0 amide bonds. The van der Waals surface area contributed by atoms with Gasteiger partial charge >= 0.3 is 89.5 Å². The van der Waals surface area contributed by atoms with Crippen LogP contribution in [-0.2, 0) is 167 Å². The van der Waals surface area contributed by atoms with Crippen molar-refractivity contribution < 1.29 is 218 Å². The Hall–Kier alpha value is -11.5. The highest BCUT2D eigenvalue weighted by Gasteiger charge is 2.24. The molecular formula is C77H100Cl5N3O48. The number of carboxylic acids is 5. The number of aliphatic hydroxyl groups excluding tert-OH is 3. The van der Waals surface area contributed by atoms with E-state index >= 15 is 0 Å². The maximum Gasteiger partial charge on any atom is 0.335 e. The second kappa shape index (κ2) is 81.2. The van der Waals surface area contributed by atoms with Crippen LogP contribution in [-0.4, -0.2) is 319 Å². The number of aromatic carboxylic acids is 3. The van der Waals surface area contributed by atoms with Crippen molar-refractivity contribution in [1.29, 1.82) is 0 Å². The van der Waals surface area contributed by atoms with E-state index in [-0.39, 0.29) is 261 Å². The standard InChI is InChI=1S/C30H32N2O18.C14H20Cl2O8.C14H22O10.C8H7NO5.C6H14O4.C4H4O3.CHCl3/c33-25(5-7-27(35)49-17-21-3-1-19(29(37)38)15-23(21)31(41)42)47-13-11-45-9-10-46-12-14-48-26(34)6-8-28(36)50-18-22-4-2-20(30(39)40)16-24(22)32(43)44;15-11(17)1-3-13(19)23-9-7-21-5-6-22-8-10-24-14(20)4-2-12(16)18;15-11(16)1-3-13(19)23-9-7-21-5-6-22-8-10-24-14(20)4-2-12(17)18;10-4-6-2-1-5(8(11)12)3-7(6)9(13)14;7-1-3-9-5-6-10-4-2-8;5-3-1-2-4(6)7-3;2-1(3)4/h1-4,15-16H,5-14,17-18H2,(H,37,38)(H,39,40);1-10H2;1-10H2,(H,15,16)(H,17,18);1-3,10H,4H2,(H,11,12);7-8H,1-6H2;1-2H2;1H. The number of nitrogens with zero attached hydrogens (tertiary/aromatic N) is 3. The van der Waals surface area contributed by atoms with Crippen molar-refractivity contribution in [1.82, 2.24) is 0 Å². The van der Waals surface area contributed by atoms with E-state index in [0.29, 0.717) is 26.4 Å². The minimum atomic E-state index is -1.35. The minimum absolute atomic E-state index is 0.0155. The highest BCUT2D eigenvalue weighted by atomic mass is 35.6. The topological polar surface area (TPSA) is 738 Å². The third kappa shape index (κ3) is 76.7. The fourth-order valence-electron chi connectivity index (χ4n) is 8.24. The van der Waals surface area contributed by atoms with Gasteiger partial charge in [-0.15, -0.1) is 0 Å². The third-order valence-electron chi connectivity index (χ3n) is 14.4. The number of carboxylic acid groups (broad SMARTS) is 5. The average molecular weight is 2010 g/mol. The molecule has 56 heteroatoms. The average Bonchev–Trinajstić information content (AvgIpc) is 1.26. The molecule has 1 aliphatic rings. The Morgan fingerprint density at radius 1 is 0.316 bits per heavy atom. The van der Waals surface area contributed by atoms with Crippen LogP contribution in [0.3, 0.4) is 0 Å². The summed E-state index contributed by atoms with van der Waals surface area (Å²) in [6.45, 7) is 2.26. The van der Waals surface area contributed by atoms with Crippen LogP contribution in [0, 0.1) is 30.3 Å². The molecule has 8 N–H and O–H groups in total. The predicted octanol–water partition coefficient (Wildman–Crippen LogP) is 5.02. The lowest BCUT2D eigenvalue weighted by atomic mass is 10.1. The number of ether oxygens (including phenoxy) is 17. The third-order valence-corrected chi connectivity index (χ3v) is 14.8. The predicted molar refractivity (Wildman–Crippen MR) is 446 cm³/mol. The fraction of sp³-hybridized carbons (Fsp3) is 0.545. The first-order valence-electron chi connectivity index (χ1n) is 38.8. The molecule has 1 aliphatic heterocycles. The molecule has 0 atom stereocenters. The van der Waals surface area contributed by atoms with Crippen molar-refractivity contribution >= 4 is 175 Å². The van der Waals surface area contributed by atoms with Gasteiger partial charge in [0.05, 0.1) is 251 Å². The Labute approximate surface area is 780 Å². The fourth-order valence-corrected chi connectivity index (χ4v) is 8.42. The van der Waals surface area contributed by atoms with Gasteiger partial charge in [-0.3, -0.25) is 97.5 Å². The molecule has 4 rings (SSSR count). The van der Waals surface area contributed by atoms with E-state index in [4.69, 9.17) is 175 Å². The van der Waals surface area contributed by atoms with Crippen molar-refractivity contribution in [2.45, 2.75) is 114 Å². The zero-order chi connectivity index (χ0) is 101. The summed E-state index contributed by atoms with van der Waals surface area (Å²) in [5.41, 5.74) is -2.15. The number of hydrogen-bond acceptors (Lipinski definition) is 43. The summed E-state index contributed by atoms with van der Waals surface area (Å²) in [6.07, 6.45) is -1.94. The molecule has 746 valence electrons. The molecule has 133 heavy (non-hydrogen) atoms. The molecule has 0 aromatic heterocycles. The van der Waals surface area contributed by atoms with Crippen LogP contribution < -0.4 is 0 Å². The molecule has 3 aromatic carbocycles. The summed E-state index contributed by atoms with van der Waals surface area (Å²) in [5, 5.41) is 100. The molecule has 0 bridgehead atoms. The summed E-state index contributed by atoms with van der Waals surface area (Å²) in [5.74, 6) is -12.2. The molecule has 3 aromatic rings. The number of carbonyl (C=O) groups is 17. The first kappa shape index (κ1) is 126. The second-order valence-electron chi connectivity index (χ2n) is 24.5. The largest absolute Gasteiger partial charge is 0.481 e. The van der Waals surface area contributed by atoms with E-state index in [1.807, 2.05) is 0 Å². The first-order chi connectivity index (χ1) is 63.1. The first-order valence-corrected chi connectivity index (χ1v) is 40.8. The Balaban J connectivity index is -0.00000170. The van der Waals surface area contributed by atoms with Gasteiger partial charge in [-0.1, -0.05) is 34.8 Å². The highest BCUT2D eigenvalue weighted by Crippen LogP contribution is 2.24. The summed E-state index contributed by atoms with van der Waals surface area (Å²) in [4.78, 5) is 216. The van der Waals surface area contributed by atoms with Gasteiger partial charge in [0.1, 0.15) is 52.9 Å². The Morgan fingerprint density at radius 3 is 0.714 bits per heavy atom. The van der Waals surface area contributed by atoms with Crippen LogP contribution in [0.25, 0.3) is 0 Å². The number of benzene rings is 3. The second-order valence-corrected chi connectivity index (χ2v) is 27.3. The van der Waals surface area contributed by atoms with Gasteiger partial charge in [0, 0.05) is 31.0 Å². The van der Waals surface area contributed by atoms with Gasteiger partial charge in [0.2, 0.25) is 10.5 Å². The molecular weight excluding hydrogens is 1910 g/mol. The SMILES string of the molecule is ClC(Cl)Cl.O=C(CCC(=O)OCc1ccc(C(=O)O)cc1[N+](=O)[O-])OCCOCCOCCOC(=O)CCC(=O)OCc1ccc(C(=O)O)cc1[N+](=O)[O-].O=C(Cl)CCC(=O)OCCOCCOCCOC(=O)CCC(=O)Cl.O=C(O)CCC(=O)OCCOCCOCCOC(=O)CCC(=O)O.O=C(O)c1ccc(CO)c([N+](=O)[O-])c1.O=C1CCC(=O)O1.OCCOCCOCCO. The highest BCUT2D eigenvalue weighted by molar-refractivity contribution is 6.64. The van der Waals surface area contributed by atoms with Crippen molar-refractivity contribution in [3.05, 3.63) is 118 Å². The Bertz CT molecular complexity index is 3830. The summed E-state index contributed by atoms with van der Waals surface area (Å²) < 4.78 is 82.8. The number of nitro benzene ring substituents is 3. The smallest absolute Gasteiger partial charge is 0.335 e. The molecule has 0 aliphatic carbocycles. The van der Waals surface area contributed by atoms with Gasteiger partial charge in [0.25, 0.3) is 17.1 Å². The van der Waals surface area contributed by atoms with Crippen LogP contribution in [0.1, 0.15) is 138 Å². The number of carbonyl (C=O) groups excluding carboxylic acids is 12. The van der Waals surface area contributed by atoms with Crippen LogP contribution in [0.5, 0.6) is 0 Å². The molecule has 0 unspecified atom stereocenters. The lowest BCUT2D eigenvalue weighted by Gasteiger charge is -2.08. The van der Waals surface area contributed by atoms with Crippen molar-refractivity contribution in [3.63, 3.8) is 0 Å². The molecule has 51 nitrogen and oxygen atoms in total. The normalized spacial score (nSPS) is 10.7. The van der Waals surface area contributed by atoms with Crippen LogP contribution in [0.2, 0.25) is 0 Å².